The molecule has 2 aromatic rings. The molecule has 0 spiro atoms. The van der Waals surface area contributed by atoms with Crippen LogP contribution in [-0.2, 0) is 24.3 Å². The van der Waals surface area contributed by atoms with Crippen LogP contribution in [0.15, 0.2) is 59.5 Å². The van der Waals surface area contributed by atoms with E-state index >= 15 is 0 Å². The van der Waals surface area contributed by atoms with Gasteiger partial charge in [-0.1, -0.05) is 18.2 Å². The Morgan fingerprint density at radius 1 is 1.03 bits per heavy atom. The molecule has 1 atom stereocenters. The minimum Gasteiger partial charge on any atom is -0.491 e. The third-order valence-corrected chi connectivity index (χ3v) is 6.54. The van der Waals surface area contributed by atoms with Crippen LogP contribution in [0.5, 0.6) is 5.75 Å². The molecule has 3 rings (SSSR count). The predicted molar refractivity (Wildman–Crippen MR) is 124 cm³/mol. The fourth-order valence-corrected chi connectivity index (χ4v) is 4.45. The van der Waals surface area contributed by atoms with Gasteiger partial charge in [-0.3, -0.25) is 4.79 Å². The summed E-state index contributed by atoms with van der Waals surface area (Å²) in [7, 11) is -3.90. The number of nitrogens with one attached hydrogen (secondary N) is 2. The number of nitrogens with two attached hydrogens (primary N) is 1. The monoisotopic (exact) mass is 491 g/mol. The molecule has 2 aromatic carbocycles. The average Bonchev–Trinajstić information content (AvgIpc) is 2.83. The minimum absolute atomic E-state index is 0.00931. The van der Waals surface area contributed by atoms with Crippen LogP contribution in [0.1, 0.15) is 29.6 Å². The molecular formula is C23H29N3O7S. The molecule has 184 valence electrons. The summed E-state index contributed by atoms with van der Waals surface area (Å²) in [4.78, 5) is 24.2. The standard InChI is InChI=1S/C23H29N3O7S/c24-21(26-34(29,30)20-4-2-1-3-5-20)16-22(27)33-23(28)17-6-8-18(9-7-17)31-14-15-32-19-10-12-25-13-11-19/h1-9,19,21,25-26H,10-16,24H2/t21-/m0/s1. The molecule has 10 nitrogen and oxygen atoms in total. The van der Waals surface area contributed by atoms with E-state index in [1.54, 1.807) is 30.3 Å². The highest BCUT2D eigenvalue weighted by molar-refractivity contribution is 7.89. The number of esters is 2. The van der Waals surface area contributed by atoms with E-state index in [0.29, 0.717) is 19.0 Å². The van der Waals surface area contributed by atoms with Crippen LogP contribution < -0.4 is 20.5 Å². The third kappa shape index (κ3) is 8.19. The zero-order chi connectivity index (χ0) is 24.4. The van der Waals surface area contributed by atoms with Crippen LogP contribution in [0.25, 0.3) is 0 Å². The Kier molecular flexibility index (Phi) is 9.54. The van der Waals surface area contributed by atoms with Gasteiger partial charge in [0, 0.05) is 0 Å². The molecule has 0 unspecified atom stereocenters. The maximum Gasteiger partial charge on any atom is 0.345 e. The van der Waals surface area contributed by atoms with Gasteiger partial charge in [-0.05, 0) is 62.3 Å². The lowest BCUT2D eigenvalue weighted by molar-refractivity contribution is -0.138. The Morgan fingerprint density at radius 2 is 1.71 bits per heavy atom. The summed E-state index contributed by atoms with van der Waals surface area (Å²) in [5, 5.41) is 3.28. The third-order valence-electron chi connectivity index (χ3n) is 5.03. The molecule has 11 heteroatoms. The first-order valence-electron chi connectivity index (χ1n) is 11.0. The molecule has 34 heavy (non-hydrogen) atoms. The quantitative estimate of drug-likeness (QED) is 0.182. The van der Waals surface area contributed by atoms with Crippen LogP contribution >= 0.6 is 0 Å². The first-order valence-corrected chi connectivity index (χ1v) is 12.4. The van der Waals surface area contributed by atoms with Crippen LogP contribution in [-0.4, -0.2) is 58.9 Å². The normalized spacial score (nSPS) is 15.4. The number of hydrogen-bond acceptors (Lipinski definition) is 9. The van der Waals surface area contributed by atoms with Gasteiger partial charge in [-0.25, -0.2) is 13.2 Å². The SMILES string of the molecule is N[C@H](CC(=O)OC(=O)c1ccc(OCCOC2CCNCC2)cc1)NS(=O)(=O)c1ccccc1. The molecule has 0 aromatic heterocycles. The Bertz CT molecular complexity index is 1040. The first kappa shape index (κ1) is 25.8. The van der Waals surface area contributed by atoms with Crippen molar-refractivity contribution in [2.24, 2.45) is 5.73 Å². The lowest BCUT2D eigenvalue weighted by Gasteiger charge is -2.22. The Labute approximate surface area is 198 Å². The summed E-state index contributed by atoms with van der Waals surface area (Å²) in [6.45, 7) is 2.77. The number of ether oxygens (including phenoxy) is 3. The summed E-state index contributed by atoms with van der Waals surface area (Å²) in [5.74, 6) is -1.28. The molecular weight excluding hydrogens is 462 g/mol. The lowest BCUT2D eigenvalue weighted by atomic mass is 10.1. The summed E-state index contributed by atoms with van der Waals surface area (Å²) in [5.41, 5.74) is 5.85. The summed E-state index contributed by atoms with van der Waals surface area (Å²) >= 11 is 0. The van der Waals surface area contributed by atoms with E-state index in [1.807, 2.05) is 0 Å². The second-order valence-corrected chi connectivity index (χ2v) is 9.41. The predicted octanol–water partition coefficient (Wildman–Crippen LogP) is 1.17. The van der Waals surface area contributed by atoms with Crippen molar-refractivity contribution >= 4 is 22.0 Å². The molecule has 1 aliphatic heterocycles. The second-order valence-electron chi connectivity index (χ2n) is 7.70. The zero-order valence-electron chi connectivity index (χ0n) is 18.6. The van der Waals surface area contributed by atoms with Gasteiger partial charge in [0.15, 0.2) is 0 Å². The van der Waals surface area contributed by atoms with Crippen molar-refractivity contribution in [1.82, 2.24) is 10.0 Å². The number of rotatable bonds is 11. The van der Waals surface area contributed by atoms with Crippen molar-refractivity contribution in [1.29, 1.82) is 0 Å². The summed E-state index contributed by atoms with van der Waals surface area (Å²) in [6.07, 6.45) is 0.448. The number of benzene rings is 2. The number of piperidine rings is 1. The highest BCUT2D eigenvalue weighted by Gasteiger charge is 2.22. The molecule has 0 amide bonds. The Hall–Kier alpha value is -2.83. The molecule has 4 N–H and O–H groups in total. The largest absolute Gasteiger partial charge is 0.491 e. The number of hydrogen-bond donors (Lipinski definition) is 3. The lowest BCUT2D eigenvalue weighted by Crippen LogP contribution is -2.43. The summed E-state index contributed by atoms with van der Waals surface area (Å²) in [6, 6.07) is 13.7. The van der Waals surface area contributed by atoms with Gasteiger partial charge in [0.2, 0.25) is 10.0 Å². The van der Waals surface area contributed by atoms with Crippen molar-refractivity contribution < 1.29 is 32.2 Å². The van der Waals surface area contributed by atoms with Gasteiger partial charge in [0.05, 0.1) is 35.8 Å². The van der Waals surface area contributed by atoms with E-state index < -0.39 is 34.5 Å². The van der Waals surface area contributed by atoms with Gasteiger partial charge in [-0.2, -0.15) is 4.72 Å². The topological polar surface area (TPSA) is 146 Å². The average molecular weight is 492 g/mol. The van der Waals surface area contributed by atoms with Crippen molar-refractivity contribution in [3.8, 4) is 5.75 Å². The second kappa shape index (κ2) is 12.6. The van der Waals surface area contributed by atoms with Gasteiger partial charge in [0.1, 0.15) is 12.4 Å². The molecule has 0 radical (unpaired) electrons. The minimum atomic E-state index is -3.90. The molecule has 1 aliphatic rings. The van der Waals surface area contributed by atoms with Crippen LogP contribution in [0.2, 0.25) is 0 Å². The van der Waals surface area contributed by atoms with E-state index in [0.717, 1.165) is 25.9 Å². The highest BCUT2D eigenvalue weighted by atomic mass is 32.2. The van der Waals surface area contributed by atoms with E-state index in [1.165, 1.54) is 24.3 Å². The highest BCUT2D eigenvalue weighted by Crippen LogP contribution is 2.14. The maximum absolute atomic E-state index is 12.2. The molecule has 1 fully saturated rings. The van der Waals surface area contributed by atoms with Crippen LogP contribution in [0.4, 0.5) is 0 Å². The molecule has 0 saturated carbocycles. The van der Waals surface area contributed by atoms with Crippen molar-refractivity contribution in [3.63, 3.8) is 0 Å². The molecule has 0 bridgehead atoms. The number of carbonyl (C=O) groups is 2. The Balaban J connectivity index is 1.39. The Morgan fingerprint density at radius 3 is 2.38 bits per heavy atom. The smallest absolute Gasteiger partial charge is 0.345 e. The summed E-state index contributed by atoms with van der Waals surface area (Å²) < 4.78 is 42.8. The van der Waals surface area contributed by atoms with Crippen molar-refractivity contribution in [2.75, 3.05) is 26.3 Å². The van der Waals surface area contributed by atoms with E-state index in [-0.39, 0.29) is 16.6 Å². The molecule has 1 heterocycles. The van der Waals surface area contributed by atoms with Gasteiger partial charge >= 0.3 is 11.9 Å². The van der Waals surface area contributed by atoms with Crippen molar-refractivity contribution in [3.05, 3.63) is 60.2 Å². The van der Waals surface area contributed by atoms with E-state index in [4.69, 9.17) is 19.9 Å². The van der Waals surface area contributed by atoms with E-state index in [2.05, 4.69) is 10.0 Å². The van der Waals surface area contributed by atoms with Gasteiger partial charge in [0.25, 0.3) is 0 Å². The first-order chi connectivity index (χ1) is 16.3. The van der Waals surface area contributed by atoms with Gasteiger partial charge in [-0.15, -0.1) is 0 Å². The van der Waals surface area contributed by atoms with Crippen LogP contribution in [0.3, 0.4) is 0 Å². The number of carbonyl (C=O) groups excluding carboxylic acids is 2. The van der Waals surface area contributed by atoms with E-state index in [9.17, 15) is 18.0 Å². The fourth-order valence-electron chi connectivity index (χ4n) is 3.32. The zero-order valence-corrected chi connectivity index (χ0v) is 19.5. The molecule has 0 aliphatic carbocycles. The van der Waals surface area contributed by atoms with Crippen molar-refractivity contribution in [2.45, 2.75) is 36.4 Å². The van der Waals surface area contributed by atoms with Gasteiger partial charge < -0.3 is 25.3 Å². The molecule has 1 saturated heterocycles. The fraction of sp³-hybridized carbons (Fsp3) is 0.391. The maximum atomic E-state index is 12.2. The number of sulfonamides is 1. The van der Waals surface area contributed by atoms with Crippen LogP contribution in [0, 0.1) is 0 Å².